The number of ether oxygens (including phenoxy) is 1. The van der Waals surface area contributed by atoms with Gasteiger partial charge in [0, 0.05) is 6.54 Å². The molecular formula is C27H36N2O2. The second-order valence-electron chi connectivity index (χ2n) is 9.09. The summed E-state index contributed by atoms with van der Waals surface area (Å²) in [4.78, 5) is 12.4. The smallest absolute Gasteiger partial charge is 0.257 e. The summed E-state index contributed by atoms with van der Waals surface area (Å²) in [6.07, 6.45) is 11.1. The average molecular weight is 421 g/mol. The van der Waals surface area contributed by atoms with E-state index in [1.165, 1.54) is 67.2 Å². The van der Waals surface area contributed by atoms with Crippen LogP contribution in [0, 0.1) is 5.92 Å². The molecular weight excluding hydrogens is 384 g/mol. The van der Waals surface area contributed by atoms with Crippen LogP contribution in [0.15, 0.2) is 42.5 Å². The van der Waals surface area contributed by atoms with Crippen LogP contribution in [0.2, 0.25) is 0 Å². The van der Waals surface area contributed by atoms with E-state index in [-0.39, 0.29) is 18.6 Å². The maximum atomic E-state index is 12.4. The van der Waals surface area contributed by atoms with Crippen LogP contribution in [-0.2, 0) is 17.6 Å². The Hall–Kier alpha value is -2.33. The molecule has 166 valence electrons. The van der Waals surface area contributed by atoms with E-state index in [9.17, 15) is 4.79 Å². The summed E-state index contributed by atoms with van der Waals surface area (Å²) in [5.74, 6) is 1.38. The number of fused-ring (bicyclic) bond motifs is 2. The largest absolute Gasteiger partial charge is 0.484 e. The fourth-order valence-electron chi connectivity index (χ4n) is 5.16. The second kappa shape index (κ2) is 10.8. The predicted molar refractivity (Wildman–Crippen MR) is 126 cm³/mol. The van der Waals surface area contributed by atoms with Crippen LogP contribution in [0.1, 0.15) is 73.2 Å². The lowest BCUT2D eigenvalue weighted by Crippen LogP contribution is -2.33. The zero-order chi connectivity index (χ0) is 21.5. The van der Waals surface area contributed by atoms with Crippen molar-refractivity contribution in [3.8, 4) is 5.75 Å². The zero-order valence-electron chi connectivity index (χ0n) is 18.8. The van der Waals surface area contributed by atoms with Gasteiger partial charge >= 0.3 is 0 Å². The van der Waals surface area contributed by atoms with Crippen molar-refractivity contribution in [3.05, 3.63) is 64.7 Å². The number of carbonyl (C=O) groups excluding carboxylic acids is 1. The number of hydrogen-bond donors (Lipinski definition) is 2. The van der Waals surface area contributed by atoms with Crippen LogP contribution in [0.5, 0.6) is 5.75 Å². The standard InChI is InChI=1S/C27H36N2O2/c1-28-27-24-12-8-7-11-21(24)13-14-22-17-23(15-16-25(22)27)31-19-26(30)29-18-20-9-5-3-2-4-6-10-20/h7-8,11-12,15-17,20,27-28H,2-6,9-10,13-14,18-19H2,1H3,(H,29,30). The predicted octanol–water partition coefficient (Wildman–Crippen LogP) is 4.95. The van der Waals surface area contributed by atoms with Gasteiger partial charge in [-0.05, 0) is 73.0 Å². The quantitative estimate of drug-likeness (QED) is 0.695. The Labute approximate surface area is 186 Å². The number of aryl methyl sites for hydroxylation is 2. The summed E-state index contributed by atoms with van der Waals surface area (Å²) in [7, 11) is 2.02. The van der Waals surface area contributed by atoms with Gasteiger partial charge in [-0.3, -0.25) is 4.79 Å². The highest BCUT2D eigenvalue weighted by Crippen LogP contribution is 2.34. The van der Waals surface area contributed by atoms with Crippen LogP contribution in [0.25, 0.3) is 0 Å². The second-order valence-corrected chi connectivity index (χ2v) is 9.09. The van der Waals surface area contributed by atoms with Crippen molar-refractivity contribution in [1.82, 2.24) is 10.6 Å². The molecule has 1 fully saturated rings. The van der Waals surface area contributed by atoms with Gasteiger partial charge in [0.25, 0.3) is 5.91 Å². The zero-order valence-corrected chi connectivity index (χ0v) is 18.8. The number of rotatable bonds is 6. The van der Waals surface area contributed by atoms with Crippen molar-refractivity contribution >= 4 is 5.91 Å². The van der Waals surface area contributed by atoms with E-state index >= 15 is 0 Å². The molecule has 2 aliphatic rings. The third kappa shape index (κ3) is 5.68. The summed E-state index contributed by atoms with van der Waals surface area (Å²) in [5.41, 5.74) is 5.34. The van der Waals surface area contributed by atoms with Crippen LogP contribution in [0.4, 0.5) is 0 Å². The molecule has 0 aromatic heterocycles. The number of benzene rings is 2. The molecule has 0 heterocycles. The molecule has 2 aromatic carbocycles. The first kappa shape index (κ1) is 21.9. The fraction of sp³-hybridized carbons (Fsp3) is 0.519. The van der Waals surface area contributed by atoms with E-state index in [1.54, 1.807) is 0 Å². The molecule has 4 rings (SSSR count). The molecule has 4 nitrogen and oxygen atoms in total. The van der Waals surface area contributed by atoms with Crippen molar-refractivity contribution in [2.45, 2.75) is 63.8 Å². The SMILES string of the molecule is CNC1c2ccccc2CCc2cc(OCC(=O)NCC3CCCCCCC3)ccc21. The third-order valence-corrected chi connectivity index (χ3v) is 6.93. The molecule has 1 saturated carbocycles. The lowest BCUT2D eigenvalue weighted by molar-refractivity contribution is -0.123. The highest BCUT2D eigenvalue weighted by Gasteiger charge is 2.22. The summed E-state index contributed by atoms with van der Waals surface area (Å²) >= 11 is 0. The lowest BCUT2D eigenvalue weighted by atomic mass is 9.91. The molecule has 2 aromatic rings. The Bertz CT molecular complexity index is 871. The molecule has 2 aliphatic carbocycles. The molecule has 0 saturated heterocycles. The number of nitrogens with one attached hydrogen (secondary N) is 2. The van der Waals surface area contributed by atoms with Crippen LogP contribution >= 0.6 is 0 Å². The normalized spacial score (nSPS) is 19.3. The number of hydrogen-bond acceptors (Lipinski definition) is 3. The molecule has 1 atom stereocenters. The molecule has 0 spiro atoms. The van der Waals surface area contributed by atoms with Crippen molar-refractivity contribution < 1.29 is 9.53 Å². The molecule has 4 heteroatoms. The van der Waals surface area contributed by atoms with E-state index in [0.29, 0.717) is 5.92 Å². The van der Waals surface area contributed by atoms with Crippen LogP contribution in [0.3, 0.4) is 0 Å². The van der Waals surface area contributed by atoms with Gasteiger partial charge in [-0.25, -0.2) is 0 Å². The Morgan fingerprint density at radius 1 is 0.935 bits per heavy atom. The summed E-state index contributed by atoms with van der Waals surface area (Å²) in [6.45, 7) is 0.871. The third-order valence-electron chi connectivity index (χ3n) is 6.93. The first-order valence-corrected chi connectivity index (χ1v) is 12.0. The summed E-state index contributed by atoms with van der Waals surface area (Å²) in [6, 6.07) is 15.1. The Morgan fingerprint density at radius 2 is 1.65 bits per heavy atom. The van der Waals surface area contributed by atoms with Gasteiger partial charge in [0.15, 0.2) is 6.61 Å². The molecule has 0 bridgehead atoms. The molecule has 31 heavy (non-hydrogen) atoms. The van der Waals surface area contributed by atoms with Gasteiger partial charge < -0.3 is 15.4 Å². The topological polar surface area (TPSA) is 50.4 Å². The maximum Gasteiger partial charge on any atom is 0.257 e. The molecule has 0 radical (unpaired) electrons. The van der Waals surface area contributed by atoms with Gasteiger partial charge in [-0.15, -0.1) is 0 Å². The highest BCUT2D eigenvalue weighted by molar-refractivity contribution is 5.77. The average Bonchev–Trinajstić information content (AvgIpc) is 2.93. The minimum atomic E-state index is -0.0162. The number of carbonyl (C=O) groups is 1. The molecule has 0 aliphatic heterocycles. The fourth-order valence-corrected chi connectivity index (χ4v) is 5.16. The van der Waals surface area contributed by atoms with E-state index in [4.69, 9.17) is 4.74 Å². The molecule has 2 N–H and O–H groups in total. The van der Waals surface area contributed by atoms with Crippen molar-refractivity contribution in [2.75, 3.05) is 20.2 Å². The Morgan fingerprint density at radius 3 is 2.45 bits per heavy atom. The first-order valence-electron chi connectivity index (χ1n) is 12.0. The van der Waals surface area contributed by atoms with Gasteiger partial charge in [0.2, 0.25) is 0 Å². The van der Waals surface area contributed by atoms with Crippen molar-refractivity contribution in [2.24, 2.45) is 5.92 Å². The minimum Gasteiger partial charge on any atom is -0.484 e. The summed E-state index contributed by atoms with van der Waals surface area (Å²) < 4.78 is 5.87. The monoisotopic (exact) mass is 420 g/mol. The van der Waals surface area contributed by atoms with Gasteiger partial charge in [-0.1, -0.05) is 62.4 Å². The van der Waals surface area contributed by atoms with Crippen molar-refractivity contribution in [1.29, 1.82) is 0 Å². The van der Waals surface area contributed by atoms with Crippen LogP contribution < -0.4 is 15.4 Å². The summed E-state index contributed by atoms with van der Waals surface area (Å²) in [5, 5.41) is 6.57. The molecule has 1 amide bonds. The van der Waals surface area contributed by atoms with Crippen LogP contribution in [-0.4, -0.2) is 26.1 Å². The Balaban J connectivity index is 1.33. The number of amides is 1. The van der Waals surface area contributed by atoms with Gasteiger partial charge in [0.1, 0.15) is 5.75 Å². The van der Waals surface area contributed by atoms with E-state index < -0.39 is 0 Å². The lowest BCUT2D eigenvalue weighted by Gasteiger charge is -2.21. The first-order chi connectivity index (χ1) is 15.2. The minimum absolute atomic E-state index is 0.0162. The maximum absolute atomic E-state index is 12.4. The van der Waals surface area contributed by atoms with Gasteiger partial charge in [-0.2, -0.15) is 0 Å². The van der Waals surface area contributed by atoms with E-state index in [2.05, 4.69) is 47.0 Å². The van der Waals surface area contributed by atoms with Crippen molar-refractivity contribution in [3.63, 3.8) is 0 Å². The van der Waals surface area contributed by atoms with Gasteiger partial charge in [0.05, 0.1) is 6.04 Å². The molecule has 1 unspecified atom stereocenters. The Kier molecular flexibility index (Phi) is 7.63. The van der Waals surface area contributed by atoms with E-state index in [1.807, 2.05) is 13.1 Å². The van der Waals surface area contributed by atoms with E-state index in [0.717, 1.165) is 25.1 Å². The highest BCUT2D eigenvalue weighted by atomic mass is 16.5.